The molecule has 0 atom stereocenters. The van der Waals surface area contributed by atoms with E-state index in [0.717, 1.165) is 44.9 Å². The Balaban J connectivity index is 1.94. The van der Waals surface area contributed by atoms with Crippen molar-refractivity contribution in [2.24, 2.45) is 5.92 Å². The molecule has 0 saturated heterocycles. The van der Waals surface area contributed by atoms with Crippen molar-refractivity contribution < 1.29 is 27.5 Å². The van der Waals surface area contributed by atoms with Crippen LogP contribution in [0, 0.1) is 29.2 Å². The molecule has 0 aliphatic heterocycles. The highest BCUT2D eigenvalue weighted by molar-refractivity contribution is 5.90. The third-order valence-electron chi connectivity index (χ3n) is 6.02. The lowest BCUT2D eigenvalue weighted by molar-refractivity contribution is 0.0692. The van der Waals surface area contributed by atoms with Gasteiger partial charge in [-0.1, -0.05) is 38.0 Å². The molecule has 6 heteroatoms. The highest BCUT2D eigenvalue weighted by Gasteiger charge is 2.28. The molecule has 0 aromatic heterocycles. The van der Waals surface area contributed by atoms with E-state index in [1.54, 1.807) is 0 Å². The fourth-order valence-corrected chi connectivity index (χ4v) is 4.32. The Bertz CT molecular complexity index is 953. The van der Waals surface area contributed by atoms with Gasteiger partial charge in [-0.05, 0) is 73.3 Å². The Hall–Kier alpha value is -2.63. The zero-order valence-electron chi connectivity index (χ0n) is 17.4. The van der Waals surface area contributed by atoms with Crippen LogP contribution >= 0.6 is 0 Å². The zero-order chi connectivity index (χ0) is 22.5. The van der Waals surface area contributed by atoms with E-state index in [9.17, 15) is 23.1 Å². The van der Waals surface area contributed by atoms with Gasteiger partial charge in [-0.2, -0.15) is 0 Å². The molecule has 3 rings (SSSR count). The van der Waals surface area contributed by atoms with Gasteiger partial charge in [-0.3, -0.25) is 0 Å². The van der Waals surface area contributed by atoms with Crippen molar-refractivity contribution in [2.75, 3.05) is 0 Å². The molecule has 0 amide bonds. The van der Waals surface area contributed by atoms with Gasteiger partial charge in [0, 0.05) is 5.56 Å². The minimum absolute atomic E-state index is 0.0798. The van der Waals surface area contributed by atoms with Gasteiger partial charge >= 0.3 is 5.97 Å². The summed E-state index contributed by atoms with van der Waals surface area (Å²) in [5.74, 6) is -6.71. The predicted molar refractivity (Wildman–Crippen MR) is 112 cm³/mol. The summed E-state index contributed by atoms with van der Waals surface area (Å²) >= 11 is 0. The molecule has 166 valence electrons. The van der Waals surface area contributed by atoms with E-state index in [-0.39, 0.29) is 17.0 Å². The molecular formula is C25H26F4O2. The van der Waals surface area contributed by atoms with Crippen molar-refractivity contribution in [2.45, 2.75) is 57.8 Å². The topological polar surface area (TPSA) is 37.3 Å². The van der Waals surface area contributed by atoms with Crippen molar-refractivity contribution in [3.63, 3.8) is 0 Å². The lowest BCUT2D eigenvalue weighted by atomic mass is 9.76. The van der Waals surface area contributed by atoms with Gasteiger partial charge in [-0.25, -0.2) is 22.4 Å². The van der Waals surface area contributed by atoms with Crippen LogP contribution in [0.1, 0.15) is 73.7 Å². The smallest absolute Gasteiger partial charge is 0.338 e. The van der Waals surface area contributed by atoms with Gasteiger partial charge in [0.1, 0.15) is 5.82 Å². The molecule has 31 heavy (non-hydrogen) atoms. The maximum absolute atomic E-state index is 15.2. The Labute approximate surface area is 179 Å². The van der Waals surface area contributed by atoms with Crippen LogP contribution in [0.15, 0.2) is 36.4 Å². The monoisotopic (exact) mass is 434 g/mol. The number of benzene rings is 2. The van der Waals surface area contributed by atoms with Crippen LogP contribution in [0.3, 0.4) is 0 Å². The molecule has 2 aromatic rings. The van der Waals surface area contributed by atoms with Crippen LogP contribution in [0.2, 0.25) is 0 Å². The molecule has 1 fully saturated rings. The largest absolute Gasteiger partial charge is 0.478 e. The van der Waals surface area contributed by atoms with Crippen molar-refractivity contribution in [3.05, 3.63) is 70.8 Å². The van der Waals surface area contributed by atoms with Gasteiger partial charge in [0.2, 0.25) is 0 Å². The standard InChI is InChI=1S/C25H26F4O2/c1-2-3-4-5-6-15-7-9-16(10-8-15)18-11-12-19(25(30)31)23(28)22(18)17-13-20(26)24(29)21(27)14-17/h5-6,11-16H,2-4,7-10H2,1H3,(H,30,31)/b6-5+/t15-,16-. The Morgan fingerprint density at radius 2 is 1.68 bits per heavy atom. The molecule has 0 bridgehead atoms. The molecule has 0 radical (unpaired) electrons. The number of allylic oxidation sites excluding steroid dienone is 2. The lowest BCUT2D eigenvalue weighted by Gasteiger charge is -2.29. The second kappa shape index (κ2) is 10.1. The third kappa shape index (κ3) is 5.17. The molecule has 0 spiro atoms. The first-order valence-corrected chi connectivity index (χ1v) is 10.7. The number of aromatic carboxylic acids is 1. The summed E-state index contributed by atoms with van der Waals surface area (Å²) in [5.41, 5.74) is -0.453. The molecule has 1 N–H and O–H groups in total. The lowest BCUT2D eigenvalue weighted by Crippen LogP contribution is -2.14. The van der Waals surface area contributed by atoms with Crippen molar-refractivity contribution >= 4 is 5.97 Å². The number of unbranched alkanes of at least 4 members (excludes halogenated alkanes) is 2. The summed E-state index contributed by atoms with van der Waals surface area (Å²) < 4.78 is 56.3. The van der Waals surface area contributed by atoms with Gasteiger partial charge in [0.25, 0.3) is 0 Å². The fourth-order valence-electron chi connectivity index (χ4n) is 4.32. The summed E-state index contributed by atoms with van der Waals surface area (Å²) in [6, 6.07) is 4.13. The zero-order valence-corrected chi connectivity index (χ0v) is 17.4. The summed E-state index contributed by atoms with van der Waals surface area (Å²) in [5, 5.41) is 9.29. The van der Waals surface area contributed by atoms with Crippen molar-refractivity contribution in [3.8, 4) is 11.1 Å². The third-order valence-corrected chi connectivity index (χ3v) is 6.02. The average molecular weight is 434 g/mol. The van der Waals surface area contributed by atoms with Crippen LogP contribution in [0.4, 0.5) is 17.6 Å². The summed E-state index contributed by atoms with van der Waals surface area (Å²) in [4.78, 5) is 11.4. The maximum atomic E-state index is 15.2. The van der Waals surface area contributed by atoms with Crippen LogP contribution in [-0.2, 0) is 0 Å². The highest BCUT2D eigenvalue weighted by Crippen LogP contribution is 2.42. The van der Waals surface area contributed by atoms with Gasteiger partial charge < -0.3 is 5.11 Å². The molecule has 1 saturated carbocycles. The fraction of sp³-hybridized carbons (Fsp3) is 0.400. The molecule has 0 heterocycles. The molecule has 1 aliphatic rings. The molecular weight excluding hydrogens is 408 g/mol. The van der Waals surface area contributed by atoms with Gasteiger partial charge in [0.15, 0.2) is 17.5 Å². The van der Waals surface area contributed by atoms with Crippen molar-refractivity contribution in [1.29, 1.82) is 0 Å². The summed E-state index contributed by atoms with van der Waals surface area (Å²) in [7, 11) is 0. The molecule has 0 unspecified atom stereocenters. The first-order chi connectivity index (χ1) is 14.8. The van der Waals surface area contributed by atoms with E-state index in [0.29, 0.717) is 23.6 Å². The van der Waals surface area contributed by atoms with E-state index in [1.807, 2.05) is 0 Å². The normalized spacial score (nSPS) is 19.1. The number of rotatable bonds is 7. The predicted octanol–water partition coefficient (Wildman–Crippen LogP) is 7.63. The van der Waals surface area contributed by atoms with E-state index in [1.165, 1.54) is 12.1 Å². The maximum Gasteiger partial charge on any atom is 0.338 e. The minimum Gasteiger partial charge on any atom is -0.478 e. The number of carboxylic acids is 1. The van der Waals surface area contributed by atoms with E-state index >= 15 is 4.39 Å². The first-order valence-electron chi connectivity index (χ1n) is 10.7. The Morgan fingerprint density at radius 1 is 1.03 bits per heavy atom. The average Bonchev–Trinajstić information content (AvgIpc) is 2.74. The van der Waals surface area contributed by atoms with Crippen LogP contribution in [0.5, 0.6) is 0 Å². The van der Waals surface area contributed by atoms with E-state index in [4.69, 9.17) is 0 Å². The highest BCUT2D eigenvalue weighted by atomic mass is 19.2. The van der Waals surface area contributed by atoms with Gasteiger partial charge in [0.05, 0.1) is 5.56 Å². The van der Waals surface area contributed by atoms with Crippen molar-refractivity contribution in [1.82, 2.24) is 0 Å². The van der Waals surface area contributed by atoms with Crippen LogP contribution < -0.4 is 0 Å². The second-order valence-corrected chi connectivity index (χ2v) is 8.13. The second-order valence-electron chi connectivity index (χ2n) is 8.13. The first kappa shape index (κ1) is 23.0. The van der Waals surface area contributed by atoms with Gasteiger partial charge in [-0.15, -0.1) is 0 Å². The Morgan fingerprint density at radius 3 is 2.26 bits per heavy atom. The van der Waals surface area contributed by atoms with E-state index in [2.05, 4.69) is 19.1 Å². The molecule has 1 aliphatic carbocycles. The molecule has 2 aromatic carbocycles. The van der Waals surface area contributed by atoms with Crippen LogP contribution in [-0.4, -0.2) is 11.1 Å². The van der Waals surface area contributed by atoms with Crippen LogP contribution in [0.25, 0.3) is 11.1 Å². The molecule has 2 nitrogen and oxygen atoms in total. The number of carboxylic acid groups (broad SMARTS) is 1. The quantitative estimate of drug-likeness (QED) is 0.211. The Kier molecular flexibility index (Phi) is 7.52. The van der Waals surface area contributed by atoms with E-state index < -0.39 is 34.8 Å². The number of hydrogen-bond acceptors (Lipinski definition) is 1. The minimum atomic E-state index is -1.64. The number of carbonyl (C=O) groups is 1. The SMILES string of the molecule is CCCC/C=C/[C@H]1CC[C@H](c2ccc(C(=O)O)c(F)c2-c2cc(F)c(F)c(F)c2)CC1. The number of halogens is 4. The summed E-state index contributed by atoms with van der Waals surface area (Å²) in [6.07, 6.45) is 11.0. The summed E-state index contributed by atoms with van der Waals surface area (Å²) in [6.45, 7) is 2.14. The number of hydrogen-bond donors (Lipinski definition) is 1.